The van der Waals surface area contributed by atoms with Gasteiger partial charge in [0.1, 0.15) is 22.8 Å². The van der Waals surface area contributed by atoms with Crippen LogP contribution in [-0.2, 0) is 0 Å². The van der Waals surface area contributed by atoms with E-state index in [-0.39, 0.29) is 11.9 Å². The van der Waals surface area contributed by atoms with E-state index in [1.165, 1.54) is 6.07 Å². The second-order valence-corrected chi connectivity index (χ2v) is 6.96. The van der Waals surface area contributed by atoms with Crippen molar-refractivity contribution < 1.29 is 4.39 Å². The summed E-state index contributed by atoms with van der Waals surface area (Å²) in [6.07, 6.45) is 3.54. The molecule has 0 bridgehead atoms. The highest BCUT2D eigenvalue weighted by molar-refractivity contribution is 7.16. The molecule has 4 rings (SSSR count). The van der Waals surface area contributed by atoms with Gasteiger partial charge in [-0.15, -0.1) is 11.3 Å². The second kappa shape index (κ2) is 6.65. The van der Waals surface area contributed by atoms with Crippen molar-refractivity contribution in [2.75, 3.05) is 23.3 Å². The van der Waals surface area contributed by atoms with E-state index in [0.29, 0.717) is 17.8 Å². The highest BCUT2D eigenvalue weighted by Gasteiger charge is 2.23. The molecule has 1 atom stereocenters. The SMILES string of the molecule is N#Cc1ccc(N2CCCC(Nc3ncnc4sccc34)C2)c(F)c1. The Bertz CT molecular complexity index is 948. The monoisotopic (exact) mass is 353 g/mol. The predicted octanol–water partition coefficient (Wildman–Crippen LogP) is 3.78. The molecule has 1 aromatic carbocycles. The molecule has 2 aromatic heterocycles. The van der Waals surface area contributed by atoms with Crippen molar-refractivity contribution in [3.8, 4) is 6.07 Å². The first-order valence-corrected chi connectivity index (χ1v) is 9.02. The van der Waals surface area contributed by atoms with Crippen molar-refractivity contribution in [3.05, 3.63) is 47.4 Å². The lowest BCUT2D eigenvalue weighted by molar-refractivity contribution is 0.518. The largest absolute Gasteiger partial charge is 0.367 e. The van der Waals surface area contributed by atoms with E-state index >= 15 is 0 Å². The quantitative estimate of drug-likeness (QED) is 0.776. The average Bonchev–Trinajstić information content (AvgIpc) is 3.11. The summed E-state index contributed by atoms with van der Waals surface area (Å²) in [5.74, 6) is 0.486. The number of fused-ring (bicyclic) bond motifs is 1. The summed E-state index contributed by atoms with van der Waals surface area (Å²) in [5.41, 5.74) is 0.891. The van der Waals surface area contributed by atoms with E-state index in [9.17, 15) is 4.39 Å². The first kappa shape index (κ1) is 15.8. The molecular weight excluding hydrogens is 337 g/mol. The number of hydrogen-bond acceptors (Lipinski definition) is 6. The third-order valence-corrected chi connectivity index (χ3v) is 5.26. The van der Waals surface area contributed by atoms with Gasteiger partial charge in [0.2, 0.25) is 0 Å². The Hall–Kier alpha value is -2.72. The zero-order chi connectivity index (χ0) is 17.2. The number of anilines is 2. The number of rotatable bonds is 3. The van der Waals surface area contributed by atoms with Crippen LogP contribution in [0.2, 0.25) is 0 Å². The van der Waals surface area contributed by atoms with Crippen molar-refractivity contribution in [3.63, 3.8) is 0 Å². The van der Waals surface area contributed by atoms with E-state index < -0.39 is 0 Å². The summed E-state index contributed by atoms with van der Waals surface area (Å²) < 4.78 is 14.3. The number of nitrogens with one attached hydrogen (secondary N) is 1. The van der Waals surface area contributed by atoms with Gasteiger partial charge >= 0.3 is 0 Å². The summed E-state index contributed by atoms with van der Waals surface area (Å²) >= 11 is 1.59. The molecule has 0 saturated carbocycles. The molecule has 0 aliphatic carbocycles. The van der Waals surface area contributed by atoms with Crippen LogP contribution >= 0.6 is 11.3 Å². The van der Waals surface area contributed by atoms with Gasteiger partial charge in [0.25, 0.3) is 0 Å². The van der Waals surface area contributed by atoms with Gasteiger partial charge in [-0.2, -0.15) is 5.26 Å². The molecule has 3 heterocycles. The molecule has 1 saturated heterocycles. The van der Waals surface area contributed by atoms with Gasteiger partial charge in [0, 0.05) is 19.1 Å². The van der Waals surface area contributed by atoms with Gasteiger partial charge < -0.3 is 10.2 Å². The molecule has 0 radical (unpaired) electrons. The lowest BCUT2D eigenvalue weighted by Gasteiger charge is -2.35. The Morgan fingerprint density at radius 2 is 2.24 bits per heavy atom. The molecular formula is C18H16FN5S. The summed E-state index contributed by atoms with van der Waals surface area (Å²) in [6, 6.07) is 8.82. The number of aromatic nitrogens is 2. The summed E-state index contributed by atoms with van der Waals surface area (Å²) in [4.78, 5) is 11.6. The summed E-state index contributed by atoms with van der Waals surface area (Å²) in [5, 5.41) is 15.4. The molecule has 25 heavy (non-hydrogen) atoms. The minimum absolute atomic E-state index is 0.182. The van der Waals surface area contributed by atoms with E-state index in [1.807, 2.05) is 22.4 Å². The smallest absolute Gasteiger partial charge is 0.147 e. The first-order valence-electron chi connectivity index (χ1n) is 8.14. The second-order valence-electron chi connectivity index (χ2n) is 6.07. The molecule has 7 heteroatoms. The standard InChI is InChI=1S/C18H16FN5S/c19-15-8-12(9-20)3-4-16(15)24-6-1-2-13(10-24)23-17-14-5-7-25-18(14)22-11-21-17/h3-5,7-8,11,13H,1-2,6,10H2,(H,21,22,23). The molecule has 1 fully saturated rings. The number of thiophene rings is 1. The van der Waals surface area contributed by atoms with Crippen LogP contribution in [0.5, 0.6) is 0 Å². The molecule has 1 aliphatic heterocycles. The Morgan fingerprint density at radius 1 is 1.32 bits per heavy atom. The zero-order valence-electron chi connectivity index (χ0n) is 13.4. The van der Waals surface area contributed by atoms with Crippen molar-refractivity contribution in [1.82, 2.24) is 9.97 Å². The molecule has 0 spiro atoms. The topological polar surface area (TPSA) is 64.8 Å². The van der Waals surface area contributed by atoms with Crippen LogP contribution in [0.25, 0.3) is 10.2 Å². The van der Waals surface area contributed by atoms with Crippen LogP contribution in [0.1, 0.15) is 18.4 Å². The molecule has 3 aromatic rings. The van der Waals surface area contributed by atoms with Crippen LogP contribution < -0.4 is 10.2 Å². The van der Waals surface area contributed by atoms with Crippen LogP contribution in [0, 0.1) is 17.1 Å². The fourth-order valence-electron chi connectivity index (χ4n) is 3.25. The van der Waals surface area contributed by atoms with E-state index in [0.717, 1.165) is 35.4 Å². The summed E-state index contributed by atoms with van der Waals surface area (Å²) in [7, 11) is 0. The third-order valence-electron chi connectivity index (χ3n) is 4.44. The predicted molar refractivity (Wildman–Crippen MR) is 97.4 cm³/mol. The molecule has 5 nitrogen and oxygen atoms in total. The Kier molecular flexibility index (Phi) is 4.20. The molecule has 1 unspecified atom stereocenters. The van der Waals surface area contributed by atoms with E-state index in [1.54, 1.807) is 29.8 Å². The van der Waals surface area contributed by atoms with Gasteiger partial charge in [-0.05, 0) is 42.5 Å². The lowest BCUT2D eigenvalue weighted by Crippen LogP contribution is -2.42. The maximum absolute atomic E-state index is 14.3. The summed E-state index contributed by atoms with van der Waals surface area (Å²) in [6.45, 7) is 1.50. The maximum Gasteiger partial charge on any atom is 0.147 e. The van der Waals surface area contributed by atoms with Crippen LogP contribution in [0.15, 0.2) is 36.0 Å². The maximum atomic E-state index is 14.3. The van der Waals surface area contributed by atoms with Crippen molar-refractivity contribution in [1.29, 1.82) is 5.26 Å². The van der Waals surface area contributed by atoms with Gasteiger partial charge in [0.15, 0.2) is 0 Å². The van der Waals surface area contributed by atoms with Crippen molar-refractivity contribution in [2.45, 2.75) is 18.9 Å². The van der Waals surface area contributed by atoms with Gasteiger partial charge in [0.05, 0.1) is 22.7 Å². The number of hydrogen-bond donors (Lipinski definition) is 1. The minimum Gasteiger partial charge on any atom is -0.367 e. The van der Waals surface area contributed by atoms with Crippen LogP contribution in [-0.4, -0.2) is 29.1 Å². The molecule has 1 aliphatic rings. The first-order chi connectivity index (χ1) is 12.2. The highest BCUT2D eigenvalue weighted by atomic mass is 32.1. The normalized spacial score (nSPS) is 17.4. The number of nitriles is 1. The van der Waals surface area contributed by atoms with Crippen LogP contribution in [0.4, 0.5) is 15.9 Å². The van der Waals surface area contributed by atoms with Crippen molar-refractivity contribution in [2.24, 2.45) is 0 Å². The highest BCUT2D eigenvalue weighted by Crippen LogP contribution is 2.28. The van der Waals surface area contributed by atoms with Gasteiger partial charge in [-0.1, -0.05) is 0 Å². The fraction of sp³-hybridized carbons (Fsp3) is 0.278. The Morgan fingerprint density at radius 3 is 3.08 bits per heavy atom. The number of piperidine rings is 1. The average molecular weight is 353 g/mol. The molecule has 1 N–H and O–H groups in total. The van der Waals surface area contributed by atoms with Gasteiger partial charge in [-0.3, -0.25) is 0 Å². The lowest BCUT2D eigenvalue weighted by atomic mass is 10.0. The molecule has 0 amide bonds. The Balaban J connectivity index is 1.53. The number of halogens is 1. The number of benzene rings is 1. The van der Waals surface area contributed by atoms with E-state index in [2.05, 4.69) is 15.3 Å². The van der Waals surface area contributed by atoms with E-state index in [4.69, 9.17) is 5.26 Å². The minimum atomic E-state index is -0.345. The van der Waals surface area contributed by atoms with Crippen molar-refractivity contribution >= 4 is 33.1 Å². The third kappa shape index (κ3) is 3.13. The molecule has 126 valence electrons. The zero-order valence-corrected chi connectivity index (χ0v) is 14.3. The fourth-order valence-corrected chi connectivity index (χ4v) is 3.98. The number of nitrogens with zero attached hydrogens (tertiary/aromatic N) is 4. The Labute approximate surface area is 148 Å². The van der Waals surface area contributed by atoms with Crippen LogP contribution in [0.3, 0.4) is 0 Å². The van der Waals surface area contributed by atoms with Gasteiger partial charge in [-0.25, -0.2) is 14.4 Å².